The standard InChI is InChI=1S/C15H27N5O.2ClH/c1-11(12(2)16)15(21)17-9-6-8-14-19-18-13-7-4-3-5-10-20(13)14;;/h11-12H,3-10,16H2,1-2H3,(H,17,21);2*1H. The molecule has 0 aromatic carbocycles. The van der Waals surface area contributed by atoms with Crippen molar-refractivity contribution in [1.29, 1.82) is 0 Å². The Morgan fingerprint density at radius 3 is 2.70 bits per heavy atom. The molecule has 3 N–H and O–H groups in total. The first kappa shape index (κ1) is 22.1. The Morgan fingerprint density at radius 1 is 1.26 bits per heavy atom. The number of halogens is 2. The topological polar surface area (TPSA) is 85.8 Å². The molecule has 6 nitrogen and oxygen atoms in total. The minimum absolute atomic E-state index is 0. The molecular weight excluding hydrogens is 337 g/mol. The molecular formula is C15H29Cl2N5O. The highest BCUT2D eigenvalue weighted by atomic mass is 35.5. The van der Waals surface area contributed by atoms with Crippen LogP contribution in [0.15, 0.2) is 0 Å². The number of amides is 1. The van der Waals surface area contributed by atoms with Crippen molar-refractivity contribution >= 4 is 30.7 Å². The Hall–Kier alpha value is -0.850. The van der Waals surface area contributed by atoms with Gasteiger partial charge in [0.25, 0.3) is 0 Å². The molecule has 134 valence electrons. The van der Waals surface area contributed by atoms with E-state index in [1.165, 1.54) is 19.3 Å². The van der Waals surface area contributed by atoms with Crippen LogP contribution in [0, 0.1) is 5.92 Å². The molecule has 2 heterocycles. The predicted molar refractivity (Wildman–Crippen MR) is 96.2 cm³/mol. The third-order valence-corrected chi connectivity index (χ3v) is 4.26. The normalized spacial score (nSPS) is 16.1. The zero-order valence-electron chi connectivity index (χ0n) is 14.0. The van der Waals surface area contributed by atoms with Gasteiger partial charge in [-0.2, -0.15) is 0 Å². The van der Waals surface area contributed by atoms with Crippen LogP contribution in [0.4, 0.5) is 0 Å². The summed E-state index contributed by atoms with van der Waals surface area (Å²) in [6, 6.07) is -0.114. The molecule has 1 aliphatic rings. The van der Waals surface area contributed by atoms with E-state index in [0.717, 1.165) is 37.5 Å². The number of nitrogens with two attached hydrogens (primary N) is 1. The van der Waals surface area contributed by atoms with Gasteiger partial charge in [0.05, 0.1) is 0 Å². The summed E-state index contributed by atoms with van der Waals surface area (Å²) in [7, 11) is 0. The van der Waals surface area contributed by atoms with Crippen molar-refractivity contribution in [2.75, 3.05) is 6.54 Å². The highest BCUT2D eigenvalue weighted by molar-refractivity contribution is 5.85. The van der Waals surface area contributed by atoms with Gasteiger partial charge in [-0.15, -0.1) is 35.0 Å². The maximum atomic E-state index is 11.8. The second-order valence-corrected chi connectivity index (χ2v) is 6.04. The lowest BCUT2D eigenvalue weighted by Gasteiger charge is -2.15. The van der Waals surface area contributed by atoms with E-state index in [0.29, 0.717) is 6.54 Å². The molecule has 1 amide bonds. The van der Waals surface area contributed by atoms with E-state index in [9.17, 15) is 4.79 Å². The lowest BCUT2D eigenvalue weighted by atomic mass is 10.0. The number of fused-ring (bicyclic) bond motifs is 1. The van der Waals surface area contributed by atoms with Crippen LogP contribution in [0.5, 0.6) is 0 Å². The van der Waals surface area contributed by atoms with Crippen LogP contribution >= 0.6 is 24.8 Å². The number of carbonyl (C=O) groups is 1. The molecule has 23 heavy (non-hydrogen) atoms. The summed E-state index contributed by atoms with van der Waals surface area (Å²) >= 11 is 0. The molecule has 1 aromatic heterocycles. The third kappa shape index (κ3) is 6.28. The number of aryl methyl sites for hydroxylation is 2. The molecule has 0 aliphatic carbocycles. The van der Waals surface area contributed by atoms with Gasteiger partial charge in [-0.1, -0.05) is 13.3 Å². The van der Waals surface area contributed by atoms with Gasteiger partial charge in [0.2, 0.25) is 5.91 Å². The minimum atomic E-state index is -0.144. The molecule has 2 atom stereocenters. The molecule has 8 heteroatoms. The Kier molecular flexibility index (Phi) is 10.4. The van der Waals surface area contributed by atoms with Crippen molar-refractivity contribution in [2.24, 2.45) is 11.7 Å². The van der Waals surface area contributed by atoms with Crippen molar-refractivity contribution in [2.45, 2.75) is 65.0 Å². The van der Waals surface area contributed by atoms with Crippen molar-refractivity contribution < 1.29 is 4.79 Å². The van der Waals surface area contributed by atoms with Gasteiger partial charge in [-0.25, -0.2) is 0 Å². The van der Waals surface area contributed by atoms with Gasteiger partial charge in [0, 0.05) is 37.9 Å². The highest BCUT2D eigenvalue weighted by Crippen LogP contribution is 2.15. The van der Waals surface area contributed by atoms with E-state index in [2.05, 4.69) is 20.1 Å². The van der Waals surface area contributed by atoms with E-state index in [4.69, 9.17) is 5.73 Å². The molecule has 1 aromatic rings. The van der Waals surface area contributed by atoms with Crippen LogP contribution in [0.2, 0.25) is 0 Å². The Bertz CT molecular complexity index is 478. The van der Waals surface area contributed by atoms with Crippen LogP contribution in [-0.2, 0) is 24.2 Å². The first-order chi connectivity index (χ1) is 10.1. The van der Waals surface area contributed by atoms with E-state index in [1.807, 2.05) is 13.8 Å². The van der Waals surface area contributed by atoms with Crippen LogP contribution in [0.3, 0.4) is 0 Å². The number of rotatable bonds is 6. The zero-order valence-corrected chi connectivity index (χ0v) is 15.6. The highest BCUT2D eigenvalue weighted by Gasteiger charge is 2.17. The lowest BCUT2D eigenvalue weighted by molar-refractivity contribution is -0.124. The first-order valence-electron chi connectivity index (χ1n) is 8.04. The predicted octanol–water partition coefficient (Wildman–Crippen LogP) is 1.88. The van der Waals surface area contributed by atoms with E-state index >= 15 is 0 Å². The maximum absolute atomic E-state index is 11.8. The van der Waals surface area contributed by atoms with Gasteiger partial charge in [-0.3, -0.25) is 4.79 Å². The Morgan fingerprint density at radius 2 is 2.00 bits per heavy atom. The second-order valence-electron chi connectivity index (χ2n) is 6.04. The van der Waals surface area contributed by atoms with Crippen molar-refractivity contribution in [3.05, 3.63) is 11.6 Å². The van der Waals surface area contributed by atoms with Gasteiger partial charge < -0.3 is 15.6 Å². The lowest BCUT2D eigenvalue weighted by Crippen LogP contribution is -2.39. The molecule has 0 bridgehead atoms. The van der Waals surface area contributed by atoms with E-state index in [-0.39, 0.29) is 42.7 Å². The van der Waals surface area contributed by atoms with Crippen LogP contribution in [-0.4, -0.2) is 33.3 Å². The Labute approximate surface area is 150 Å². The summed E-state index contributed by atoms with van der Waals surface area (Å²) in [5.41, 5.74) is 5.73. The number of carbonyl (C=O) groups excluding carboxylic acids is 1. The molecule has 0 fully saturated rings. The summed E-state index contributed by atoms with van der Waals surface area (Å²) < 4.78 is 2.26. The number of nitrogens with one attached hydrogen (secondary N) is 1. The molecule has 2 unspecified atom stereocenters. The number of hydrogen-bond donors (Lipinski definition) is 2. The minimum Gasteiger partial charge on any atom is -0.356 e. The zero-order chi connectivity index (χ0) is 15.2. The molecule has 1 aliphatic heterocycles. The van der Waals surface area contributed by atoms with Gasteiger partial charge in [-0.05, 0) is 26.2 Å². The fourth-order valence-electron chi connectivity index (χ4n) is 2.59. The SMILES string of the molecule is CC(N)C(C)C(=O)NCCCc1nnc2n1CCCCC2.Cl.Cl. The quantitative estimate of drug-likeness (QED) is 0.753. The van der Waals surface area contributed by atoms with E-state index < -0.39 is 0 Å². The average Bonchev–Trinajstić information content (AvgIpc) is 2.70. The average molecular weight is 366 g/mol. The molecule has 0 spiro atoms. The molecule has 0 radical (unpaired) electrons. The second kappa shape index (κ2) is 10.8. The number of aromatic nitrogens is 3. The fraction of sp³-hybridized carbons (Fsp3) is 0.800. The van der Waals surface area contributed by atoms with Crippen molar-refractivity contribution in [1.82, 2.24) is 20.1 Å². The summed E-state index contributed by atoms with van der Waals surface area (Å²) in [5.74, 6) is 2.07. The maximum Gasteiger partial charge on any atom is 0.224 e. The van der Waals surface area contributed by atoms with Crippen LogP contribution in [0.25, 0.3) is 0 Å². The van der Waals surface area contributed by atoms with Gasteiger partial charge in [0.15, 0.2) is 0 Å². The molecule has 0 saturated carbocycles. The van der Waals surface area contributed by atoms with E-state index in [1.54, 1.807) is 0 Å². The van der Waals surface area contributed by atoms with Crippen molar-refractivity contribution in [3.63, 3.8) is 0 Å². The Balaban J connectivity index is 0.00000242. The molecule has 2 rings (SSSR count). The first-order valence-corrected chi connectivity index (χ1v) is 8.04. The van der Waals surface area contributed by atoms with Gasteiger partial charge >= 0.3 is 0 Å². The summed E-state index contributed by atoms with van der Waals surface area (Å²) in [4.78, 5) is 11.8. The van der Waals surface area contributed by atoms with Gasteiger partial charge in [0.1, 0.15) is 11.6 Å². The van der Waals surface area contributed by atoms with Crippen LogP contribution < -0.4 is 11.1 Å². The largest absolute Gasteiger partial charge is 0.356 e. The monoisotopic (exact) mass is 365 g/mol. The summed E-state index contributed by atoms with van der Waals surface area (Å²) in [6.45, 7) is 5.41. The molecule has 0 saturated heterocycles. The van der Waals surface area contributed by atoms with Crippen LogP contribution in [0.1, 0.15) is 51.2 Å². The summed E-state index contributed by atoms with van der Waals surface area (Å²) in [6.07, 6.45) is 6.48. The number of nitrogens with zero attached hydrogens (tertiary/aromatic N) is 3. The summed E-state index contributed by atoms with van der Waals surface area (Å²) in [5, 5.41) is 11.5. The fourth-order valence-corrected chi connectivity index (χ4v) is 2.59. The number of hydrogen-bond acceptors (Lipinski definition) is 4. The third-order valence-electron chi connectivity index (χ3n) is 4.26. The smallest absolute Gasteiger partial charge is 0.224 e. The van der Waals surface area contributed by atoms with Crippen molar-refractivity contribution in [3.8, 4) is 0 Å².